The number of morpholine rings is 1. The molecule has 0 unspecified atom stereocenters. The van der Waals surface area contributed by atoms with Gasteiger partial charge in [-0.25, -0.2) is 14.2 Å². The molecule has 0 N–H and O–H groups in total. The highest BCUT2D eigenvalue weighted by molar-refractivity contribution is 5.47. The Kier molecular flexibility index (Phi) is 5.10. The monoisotopic (exact) mass is 372 g/mol. The van der Waals surface area contributed by atoms with Crippen LogP contribution >= 0.6 is 0 Å². The molecule has 1 atom stereocenters. The minimum atomic E-state index is -0.163. The number of rotatable bonds is 6. The summed E-state index contributed by atoms with van der Waals surface area (Å²) in [5.41, 5.74) is 4.11. The van der Waals surface area contributed by atoms with Gasteiger partial charge in [-0.3, -0.25) is 4.90 Å². The fraction of sp³-hybridized carbons (Fsp3) is 0.588. The second kappa shape index (κ2) is 7.67. The van der Waals surface area contributed by atoms with Crippen molar-refractivity contribution in [3.8, 4) is 0 Å². The summed E-state index contributed by atoms with van der Waals surface area (Å²) in [6.07, 6.45) is 1.74. The number of ether oxygens (including phenoxy) is 2. The van der Waals surface area contributed by atoms with E-state index < -0.39 is 0 Å². The van der Waals surface area contributed by atoms with E-state index in [1.807, 2.05) is 30.6 Å². The predicted octanol–water partition coefficient (Wildman–Crippen LogP) is 0.553. The third kappa shape index (κ3) is 3.68. The molecule has 10 heteroatoms. The van der Waals surface area contributed by atoms with Gasteiger partial charge in [0.05, 0.1) is 26.0 Å². The van der Waals surface area contributed by atoms with Crippen molar-refractivity contribution in [2.24, 2.45) is 0 Å². The Labute approximate surface area is 157 Å². The second-order valence-electron chi connectivity index (χ2n) is 6.79. The zero-order valence-corrected chi connectivity index (χ0v) is 15.9. The van der Waals surface area contributed by atoms with Crippen molar-refractivity contribution in [2.75, 3.05) is 33.4 Å². The zero-order chi connectivity index (χ0) is 18.8. The molecule has 3 aromatic heterocycles. The number of methoxy groups -OCH3 is 1. The van der Waals surface area contributed by atoms with Crippen LogP contribution in [0.1, 0.15) is 28.9 Å². The maximum atomic E-state index is 5.94. The summed E-state index contributed by atoms with van der Waals surface area (Å²) in [6.45, 7) is 8.17. The molecule has 0 saturated carbocycles. The molecule has 1 aliphatic rings. The molecule has 0 spiro atoms. The Morgan fingerprint density at radius 3 is 3.07 bits per heavy atom. The maximum absolute atomic E-state index is 5.94. The standard InChI is InChI=1S/C17H24N8O2/c1-12-8-13(2)25-16(19-12)14(9-18-25)10-23-4-7-27-15(11-23)17-20-21-22-24(17)5-6-26-3/h8-9,15H,4-7,10-11H2,1-3H3/t15-/m0/s1. The topological polar surface area (TPSA) is 95.5 Å². The van der Waals surface area contributed by atoms with Crippen molar-refractivity contribution in [3.63, 3.8) is 0 Å². The summed E-state index contributed by atoms with van der Waals surface area (Å²) in [6, 6.07) is 2.04. The van der Waals surface area contributed by atoms with E-state index in [9.17, 15) is 0 Å². The molecule has 144 valence electrons. The third-order valence-electron chi connectivity index (χ3n) is 4.75. The van der Waals surface area contributed by atoms with Crippen molar-refractivity contribution in [1.29, 1.82) is 0 Å². The number of aromatic nitrogens is 7. The lowest BCUT2D eigenvalue weighted by atomic mass is 10.2. The summed E-state index contributed by atoms with van der Waals surface area (Å²) in [4.78, 5) is 7.00. The Morgan fingerprint density at radius 2 is 2.22 bits per heavy atom. The van der Waals surface area contributed by atoms with Gasteiger partial charge in [-0.15, -0.1) is 5.10 Å². The van der Waals surface area contributed by atoms with Crippen LogP contribution in [0.4, 0.5) is 0 Å². The van der Waals surface area contributed by atoms with Gasteiger partial charge in [-0.05, 0) is 30.3 Å². The quantitative estimate of drug-likeness (QED) is 0.619. The van der Waals surface area contributed by atoms with E-state index >= 15 is 0 Å². The second-order valence-corrected chi connectivity index (χ2v) is 6.79. The molecule has 0 bridgehead atoms. The summed E-state index contributed by atoms with van der Waals surface area (Å²) in [5.74, 6) is 0.737. The van der Waals surface area contributed by atoms with Gasteiger partial charge >= 0.3 is 0 Å². The van der Waals surface area contributed by atoms with E-state index in [0.717, 1.165) is 48.1 Å². The highest BCUT2D eigenvalue weighted by Crippen LogP contribution is 2.22. The van der Waals surface area contributed by atoms with Crippen molar-refractivity contribution in [3.05, 3.63) is 35.0 Å². The minimum absolute atomic E-state index is 0.163. The van der Waals surface area contributed by atoms with Gasteiger partial charge in [0, 0.05) is 43.7 Å². The molecular weight excluding hydrogens is 348 g/mol. The average molecular weight is 372 g/mol. The number of fused-ring (bicyclic) bond motifs is 1. The van der Waals surface area contributed by atoms with Gasteiger partial charge in [-0.1, -0.05) is 0 Å². The van der Waals surface area contributed by atoms with E-state index in [1.165, 1.54) is 0 Å². The Balaban J connectivity index is 1.50. The third-order valence-corrected chi connectivity index (χ3v) is 4.75. The van der Waals surface area contributed by atoms with Gasteiger partial charge in [0.25, 0.3) is 0 Å². The Morgan fingerprint density at radius 1 is 1.33 bits per heavy atom. The predicted molar refractivity (Wildman–Crippen MR) is 96.1 cm³/mol. The van der Waals surface area contributed by atoms with Gasteiger partial charge in [0.2, 0.25) is 0 Å². The van der Waals surface area contributed by atoms with Gasteiger partial charge < -0.3 is 9.47 Å². The van der Waals surface area contributed by atoms with Gasteiger partial charge in [0.15, 0.2) is 11.5 Å². The van der Waals surface area contributed by atoms with Crippen LogP contribution in [-0.4, -0.2) is 73.1 Å². The Bertz CT molecular complexity index is 921. The lowest BCUT2D eigenvalue weighted by Crippen LogP contribution is -2.39. The molecule has 4 heterocycles. The van der Waals surface area contributed by atoms with E-state index in [1.54, 1.807) is 11.8 Å². The number of hydrogen-bond donors (Lipinski definition) is 0. The van der Waals surface area contributed by atoms with Crippen LogP contribution in [0.5, 0.6) is 0 Å². The van der Waals surface area contributed by atoms with Gasteiger partial charge in [-0.2, -0.15) is 5.10 Å². The van der Waals surface area contributed by atoms with Crippen LogP contribution < -0.4 is 0 Å². The number of hydrogen-bond acceptors (Lipinski definition) is 8. The lowest BCUT2D eigenvalue weighted by Gasteiger charge is -2.31. The molecule has 1 fully saturated rings. The smallest absolute Gasteiger partial charge is 0.181 e. The van der Waals surface area contributed by atoms with Crippen molar-refractivity contribution in [1.82, 2.24) is 39.7 Å². The molecule has 3 aromatic rings. The van der Waals surface area contributed by atoms with Crippen molar-refractivity contribution < 1.29 is 9.47 Å². The molecule has 0 aliphatic carbocycles. The minimum Gasteiger partial charge on any atom is -0.383 e. The van der Waals surface area contributed by atoms with Crippen LogP contribution in [0.15, 0.2) is 12.3 Å². The maximum Gasteiger partial charge on any atom is 0.181 e. The summed E-state index contributed by atoms with van der Waals surface area (Å²) < 4.78 is 14.7. The fourth-order valence-electron chi connectivity index (χ4n) is 3.45. The molecule has 1 aliphatic heterocycles. The summed E-state index contributed by atoms with van der Waals surface area (Å²) in [7, 11) is 1.66. The highest BCUT2D eigenvalue weighted by atomic mass is 16.5. The molecule has 0 aromatic carbocycles. The largest absolute Gasteiger partial charge is 0.383 e. The molecule has 10 nitrogen and oxygen atoms in total. The SMILES string of the molecule is COCCn1nnnc1[C@@H]1CN(Cc2cnn3c(C)cc(C)nc23)CCO1. The Hall–Kier alpha value is -2.43. The van der Waals surface area contributed by atoms with Crippen LogP contribution in [0.25, 0.3) is 5.65 Å². The fourth-order valence-corrected chi connectivity index (χ4v) is 3.45. The van der Waals surface area contributed by atoms with E-state index in [-0.39, 0.29) is 6.10 Å². The zero-order valence-electron chi connectivity index (χ0n) is 15.9. The van der Waals surface area contributed by atoms with E-state index in [4.69, 9.17) is 9.47 Å². The summed E-state index contributed by atoms with van der Waals surface area (Å²) >= 11 is 0. The molecule has 1 saturated heterocycles. The molecule has 4 rings (SSSR count). The van der Waals surface area contributed by atoms with Gasteiger partial charge in [0.1, 0.15) is 6.10 Å². The highest BCUT2D eigenvalue weighted by Gasteiger charge is 2.27. The van der Waals surface area contributed by atoms with Crippen LogP contribution in [0.3, 0.4) is 0 Å². The molecule has 0 amide bonds. The van der Waals surface area contributed by atoms with Crippen LogP contribution in [-0.2, 0) is 22.6 Å². The molecule has 27 heavy (non-hydrogen) atoms. The number of aryl methyl sites for hydroxylation is 2. The first-order valence-electron chi connectivity index (χ1n) is 9.05. The molecule has 0 radical (unpaired) electrons. The van der Waals surface area contributed by atoms with Crippen LogP contribution in [0.2, 0.25) is 0 Å². The average Bonchev–Trinajstić information content (AvgIpc) is 3.28. The number of tetrazole rings is 1. The first kappa shape index (κ1) is 18.0. The first-order chi connectivity index (χ1) is 13.2. The number of nitrogens with zero attached hydrogens (tertiary/aromatic N) is 8. The van der Waals surface area contributed by atoms with Crippen molar-refractivity contribution in [2.45, 2.75) is 33.0 Å². The van der Waals surface area contributed by atoms with E-state index in [2.05, 4.69) is 30.5 Å². The van der Waals surface area contributed by atoms with E-state index in [0.29, 0.717) is 19.8 Å². The lowest BCUT2D eigenvalue weighted by molar-refractivity contribution is -0.0395. The van der Waals surface area contributed by atoms with Crippen molar-refractivity contribution >= 4 is 5.65 Å². The normalized spacial score (nSPS) is 18.4. The molecular formula is C17H24N8O2. The summed E-state index contributed by atoms with van der Waals surface area (Å²) in [5, 5.41) is 16.5. The van der Waals surface area contributed by atoms with Crippen LogP contribution in [0, 0.1) is 13.8 Å². The first-order valence-corrected chi connectivity index (χ1v) is 9.05.